The van der Waals surface area contributed by atoms with Gasteiger partial charge >= 0.3 is 0 Å². The fourth-order valence-corrected chi connectivity index (χ4v) is 2.34. The molecule has 3 nitrogen and oxygen atoms in total. The highest BCUT2D eigenvalue weighted by Crippen LogP contribution is 2.30. The van der Waals surface area contributed by atoms with Crippen molar-refractivity contribution in [2.75, 3.05) is 13.6 Å². The number of hydrogen-bond acceptors (Lipinski definition) is 3. The van der Waals surface area contributed by atoms with E-state index in [1.807, 2.05) is 14.0 Å². The van der Waals surface area contributed by atoms with Crippen LogP contribution < -0.4 is 5.32 Å². The summed E-state index contributed by atoms with van der Waals surface area (Å²) in [4.78, 5) is 2.58. The van der Waals surface area contributed by atoms with Gasteiger partial charge in [0.15, 0.2) is 0 Å². The summed E-state index contributed by atoms with van der Waals surface area (Å²) in [6.45, 7) is 7.63. The van der Waals surface area contributed by atoms with Crippen LogP contribution in [0.5, 0.6) is 0 Å². The number of nitriles is 1. The van der Waals surface area contributed by atoms with Gasteiger partial charge in [0, 0.05) is 12.1 Å². The Bertz CT molecular complexity index is 254. The average Bonchev–Trinajstić information content (AvgIpc) is 3.09. The SMILES string of the molecule is CCCN(C(C)CC(C)(C#N)NC)C1CC1. The quantitative estimate of drug-likeness (QED) is 0.718. The maximum absolute atomic E-state index is 9.17. The second-order valence-corrected chi connectivity index (χ2v) is 5.22. The maximum Gasteiger partial charge on any atom is 0.105 e. The van der Waals surface area contributed by atoms with Crippen LogP contribution in [0.1, 0.15) is 46.5 Å². The zero-order valence-electron chi connectivity index (χ0n) is 11.1. The lowest BCUT2D eigenvalue weighted by Gasteiger charge is -2.33. The molecule has 0 aliphatic heterocycles. The van der Waals surface area contributed by atoms with Crippen LogP contribution in [0.2, 0.25) is 0 Å². The maximum atomic E-state index is 9.17. The van der Waals surface area contributed by atoms with Gasteiger partial charge in [-0.25, -0.2) is 0 Å². The van der Waals surface area contributed by atoms with Gasteiger partial charge < -0.3 is 5.32 Å². The molecule has 0 spiro atoms. The lowest BCUT2D eigenvalue weighted by Crippen LogP contribution is -2.46. The third-order valence-electron chi connectivity index (χ3n) is 3.57. The smallest absolute Gasteiger partial charge is 0.105 e. The van der Waals surface area contributed by atoms with Crippen LogP contribution in [0.3, 0.4) is 0 Å². The second kappa shape index (κ2) is 5.65. The summed E-state index contributed by atoms with van der Waals surface area (Å²) < 4.78 is 0. The monoisotopic (exact) mass is 223 g/mol. The fourth-order valence-electron chi connectivity index (χ4n) is 2.34. The highest BCUT2D eigenvalue weighted by Gasteiger charge is 2.34. The van der Waals surface area contributed by atoms with Crippen molar-refractivity contribution < 1.29 is 0 Å². The molecule has 3 heteroatoms. The van der Waals surface area contributed by atoms with Gasteiger partial charge in [-0.15, -0.1) is 0 Å². The van der Waals surface area contributed by atoms with E-state index < -0.39 is 0 Å². The molecule has 16 heavy (non-hydrogen) atoms. The molecule has 1 aliphatic carbocycles. The largest absolute Gasteiger partial charge is 0.303 e. The minimum Gasteiger partial charge on any atom is -0.303 e. The van der Waals surface area contributed by atoms with E-state index in [0.29, 0.717) is 6.04 Å². The van der Waals surface area contributed by atoms with E-state index in [1.54, 1.807) is 0 Å². The van der Waals surface area contributed by atoms with E-state index in [4.69, 9.17) is 5.26 Å². The Morgan fingerprint density at radius 1 is 1.56 bits per heavy atom. The molecule has 0 aromatic heterocycles. The van der Waals surface area contributed by atoms with Crippen LogP contribution in [0.15, 0.2) is 0 Å². The van der Waals surface area contributed by atoms with Gasteiger partial charge in [0.2, 0.25) is 0 Å². The zero-order chi connectivity index (χ0) is 12.2. The summed E-state index contributed by atoms with van der Waals surface area (Å²) in [7, 11) is 1.87. The summed E-state index contributed by atoms with van der Waals surface area (Å²) in [5, 5.41) is 12.3. The molecule has 2 atom stereocenters. The minimum atomic E-state index is -0.389. The lowest BCUT2D eigenvalue weighted by molar-refractivity contribution is 0.169. The molecular formula is C13H25N3. The van der Waals surface area contributed by atoms with Crippen molar-refractivity contribution in [3.8, 4) is 6.07 Å². The Morgan fingerprint density at radius 2 is 2.19 bits per heavy atom. The predicted molar refractivity (Wildman–Crippen MR) is 67.2 cm³/mol. The number of hydrogen-bond donors (Lipinski definition) is 1. The molecular weight excluding hydrogens is 198 g/mol. The summed E-state index contributed by atoms with van der Waals surface area (Å²) in [5.74, 6) is 0. The van der Waals surface area contributed by atoms with Crippen molar-refractivity contribution in [1.29, 1.82) is 5.26 Å². The Morgan fingerprint density at radius 3 is 2.56 bits per heavy atom. The third-order valence-corrected chi connectivity index (χ3v) is 3.57. The Hall–Kier alpha value is -0.590. The third kappa shape index (κ3) is 3.47. The van der Waals surface area contributed by atoms with Crippen LogP contribution >= 0.6 is 0 Å². The first-order valence-electron chi connectivity index (χ1n) is 6.42. The van der Waals surface area contributed by atoms with Crippen LogP contribution in [0.4, 0.5) is 0 Å². The van der Waals surface area contributed by atoms with Gasteiger partial charge in [-0.3, -0.25) is 4.90 Å². The number of nitrogens with zero attached hydrogens (tertiary/aromatic N) is 2. The van der Waals surface area contributed by atoms with Crippen LogP contribution in [0, 0.1) is 11.3 Å². The summed E-state index contributed by atoms with van der Waals surface area (Å²) in [6, 6.07) is 3.65. The molecule has 0 bridgehead atoms. The minimum absolute atomic E-state index is 0.389. The molecule has 2 unspecified atom stereocenters. The van der Waals surface area contributed by atoms with Crippen LogP contribution in [0.25, 0.3) is 0 Å². The van der Waals surface area contributed by atoms with Gasteiger partial charge in [-0.1, -0.05) is 6.92 Å². The highest BCUT2D eigenvalue weighted by atomic mass is 15.2. The number of rotatable bonds is 7. The molecule has 0 aromatic carbocycles. The Kier molecular flexibility index (Phi) is 4.76. The Labute approximate surface area is 99.8 Å². The van der Waals surface area contributed by atoms with Crippen molar-refractivity contribution >= 4 is 0 Å². The molecule has 1 fully saturated rings. The first-order valence-corrected chi connectivity index (χ1v) is 6.42. The lowest BCUT2D eigenvalue weighted by atomic mass is 9.94. The van der Waals surface area contributed by atoms with Gasteiger partial charge in [0.05, 0.1) is 6.07 Å². The summed E-state index contributed by atoms with van der Waals surface area (Å²) >= 11 is 0. The topological polar surface area (TPSA) is 39.1 Å². The highest BCUT2D eigenvalue weighted by molar-refractivity contribution is 5.05. The van der Waals surface area contributed by atoms with E-state index >= 15 is 0 Å². The van der Waals surface area contributed by atoms with E-state index in [1.165, 1.54) is 19.3 Å². The van der Waals surface area contributed by atoms with Crippen LogP contribution in [-0.4, -0.2) is 36.1 Å². The van der Waals surface area contributed by atoms with Crippen molar-refractivity contribution in [3.05, 3.63) is 0 Å². The van der Waals surface area contributed by atoms with E-state index in [2.05, 4.69) is 30.1 Å². The average molecular weight is 223 g/mol. The molecule has 0 saturated heterocycles. The molecule has 92 valence electrons. The second-order valence-electron chi connectivity index (χ2n) is 5.22. The molecule has 0 heterocycles. The van der Waals surface area contributed by atoms with Gasteiger partial charge in [-0.05, 0) is 53.1 Å². The van der Waals surface area contributed by atoms with Crippen molar-refractivity contribution in [2.45, 2.75) is 64.1 Å². The van der Waals surface area contributed by atoms with Crippen molar-refractivity contribution in [3.63, 3.8) is 0 Å². The number of nitrogens with one attached hydrogen (secondary N) is 1. The standard InChI is InChI=1S/C13H25N3/c1-5-8-16(12-6-7-12)11(2)9-13(3,10-14)15-4/h11-12,15H,5-9H2,1-4H3. The van der Waals surface area contributed by atoms with E-state index in [9.17, 15) is 0 Å². The molecule has 1 saturated carbocycles. The first-order chi connectivity index (χ1) is 7.56. The Balaban J connectivity index is 2.54. The predicted octanol–water partition coefficient (Wildman–Crippen LogP) is 2.14. The molecule has 1 rings (SSSR count). The summed E-state index contributed by atoms with van der Waals surface area (Å²) in [5.41, 5.74) is -0.389. The molecule has 0 amide bonds. The van der Waals surface area contributed by atoms with Crippen molar-refractivity contribution in [1.82, 2.24) is 10.2 Å². The van der Waals surface area contributed by atoms with Crippen molar-refractivity contribution in [2.24, 2.45) is 0 Å². The van der Waals surface area contributed by atoms with Gasteiger partial charge in [0.1, 0.15) is 5.54 Å². The summed E-state index contributed by atoms with van der Waals surface area (Å²) in [6.07, 6.45) is 4.78. The van der Waals surface area contributed by atoms with Gasteiger partial charge in [0.25, 0.3) is 0 Å². The molecule has 0 aromatic rings. The van der Waals surface area contributed by atoms with E-state index in [0.717, 1.165) is 19.0 Å². The van der Waals surface area contributed by atoms with Crippen LogP contribution in [-0.2, 0) is 0 Å². The molecule has 1 aliphatic rings. The first kappa shape index (κ1) is 13.5. The fraction of sp³-hybridized carbons (Fsp3) is 0.923. The molecule has 0 radical (unpaired) electrons. The van der Waals surface area contributed by atoms with E-state index in [-0.39, 0.29) is 5.54 Å². The van der Waals surface area contributed by atoms with Gasteiger partial charge in [-0.2, -0.15) is 5.26 Å². The normalized spacial score (nSPS) is 21.5. The molecule has 1 N–H and O–H groups in total. The zero-order valence-corrected chi connectivity index (χ0v) is 11.1.